The van der Waals surface area contributed by atoms with Gasteiger partial charge >= 0.3 is 5.97 Å². The number of ether oxygens (including phenoxy) is 2. The number of para-hydroxylation sites is 1. The number of unbranched alkanes of at least 4 members (excludes halogenated alkanes) is 2. The molecule has 20 heavy (non-hydrogen) atoms. The Morgan fingerprint density at radius 3 is 2.55 bits per heavy atom. The van der Waals surface area contributed by atoms with Crippen LogP contribution in [-0.4, -0.2) is 32.1 Å². The second-order valence-electron chi connectivity index (χ2n) is 4.34. The lowest BCUT2D eigenvalue weighted by molar-refractivity contribution is -0.140. The number of carbonyl (C=O) groups is 2. The highest BCUT2D eigenvalue weighted by atomic mass is 16.5. The summed E-state index contributed by atoms with van der Waals surface area (Å²) in [5.41, 5.74) is 0. The molecule has 5 nitrogen and oxygen atoms in total. The molecule has 0 bridgehead atoms. The van der Waals surface area contributed by atoms with Crippen LogP contribution in [0.2, 0.25) is 0 Å². The van der Waals surface area contributed by atoms with Gasteiger partial charge in [0.05, 0.1) is 7.11 Å². The molecule has 0 unspecified atom stereocenters. The molecule has 0 spiro atoms. The van der Waals surface area contributed by atoms with E-state index in [9.17, 15) is 9.59 Å². The Kier molecular flexibility index (Phi) is 7.87. The minimum absolute atomic E-state index is 0.0200. The van der Waals surface area contributed by atoms with Gasteiger partial charge in [-0.3, -0.25) is 9.59 Å². The molecule has 1 aromatic rings. The molecule has 0 heterocycles. The summed E-state index contributed by atoms with van der Waals surface area (Å²) < 4.78 is 9.86. The fourth-order valence-corrected chi connectivity index (χ4v) is 1.62. The maximum absolute atomic E-state index is 11.5. The summed E-state index contributed by atoms with van der Waals surface area (Å²) in [5.74, 6) is 0.354. The Balaban J connectivity index is 1.99. The van der Waals surface area contributed by atoms with Gasteiger partial charge in [-0.2, -0.15) is 0 Å². The van der Waals surface area contributed by atoms with Crippen LogP contribution in [0.4, 0.5) is 0 Å². The van der Waals surface area contributed by atoms with Gasteiger partial charge in [0.2, 0.25) is 0 Å². The molecule has 1 aromatic carbocycles. The molecule has 1 amide bonds. The molecule has 0 saturated heterocycles. The van der Waals surface area contributed by atoms with Crippen LogP contribution >= 0.6 is 0 Å². The normalized spacial score (nSPS) is 9.85. The van der Waals surface area contributed by atoms with Crippen LogP contribution in [0.15, 0.2) is 30.3 Å². The number of methoxy groups -OCH3 is 1. The monoisotopic (exact) mass is 279 g/mol. The minimum atomic E-state index is -0.190. The second-order valence-corrected chi connectivity index (χ2v) is 4.34. The molecule has 0 fully saturated rings. The molecule has 0 aromatic heterocycles. The largest absolute Gasteiger partial charge is 0.484 e. The van der Waals surface area contributed by atoms with Crippen molar-refractivity contribution in [3.05, 3.63) is 30.3 Å². The number of rotatable bonds is 9. The lowest BCUT2D eigenvalue weighted by Crippen LogP contribution is -2.29. The van der Waals surface area contributed by atoms with E-state index in [4.69, 9.17) is 4.74 Å². The molecule has 0 aliphatic heterocycles. The Morgan fingerprint density at radius 1 is 1.10 bits per heavy atom. The molecule has 5 heteroatoms. The molecule has 0 atom stereocenters. The highest BCUT2D eigenvalue weighted by molar-refractivity contribution is 5.77. The summed E-state index contributed by atoms with van der Waals surface area (Å²) in [4.78, 5) is 22.4. The van der Waals surface area contributed by atoms with Crippen molar-refractivity contribution in [1.82, 2.24) is 5.32 Å². The fraction of sp³-hybridized carbons (Fsp3) is 0.467. The summed E-state index contributed by atoms with van der Waals surface area (Å²) in [7, 11) is 1.38. The molecule has 0 aliphatic rings. The first-order chi connectivity index (χ1) is 9.72. The van der Waals surface area contributed by atoms with E-state index in [0.717, 1.165) is 19.3 Å². The molecule has 1 N–H and O–H groups in total. The molecule has 110 valence electrons. The van der Waals surface area contributed by atoms with Crippen molar-refractivity contribution < 1.29 is 19.1 Å². The number of hydrogen-bond donors (Lipinski definition) is 1. The van der Waals surface area contributed by atoms with E-state index in [1.54, 1.807) is 12.1 Å². The van der Waals surface area contributed by atoms with Crippen molar-refractivity contribution in [3.8, 4) is 5.75 Å². The first kappa shape index (κ1) is 16.0. The number of nitrogens with one attached hydrogen (secondary N) is 1. The van der Waals surface area contributed by atoms with E-state index in [2.05, 4.69) is 10.1 Å². The van der Waals surface area contributed by atoms with Gasteiger partial charge in [0.15, 0.2) is 6.61 Å². The van der Waals surface area contributed by atoms with Gasteiger partial charge in [0.25, 0.3) is 5.91 Å². The zero-order valence-electron chi connectivity index (χ0n) is 11.8. The van der Waals surface area contributed by atoms with Crippen LogP contribution in [-0.2, 0) is 14.3 Å². The molecule has 0 saturated carbocycles. The van der Waals surface area contributed by atoms with Gasteiger partial charge in [-0.05, 0) is 25.0 Å². The highest BCUT2D eigenvalue weighted by Crippen LogP contribution is 2.07. The summed E-state index contributed by atoms with van der Waals surface area (Å²) >= 11 is 0. The Hall–Kier alpha value is -2.04. The predicted molar refractivity (Wildman–Crippen MR) is 75.4 cm³/mol. The van der Waals surface area contributed by atoms with E-state index in [-0.39, 0.29) is 18.5 Å². The van der Waals surface area contributed by atoms with Crippen LogP contribution in [0.3, 0.4) is 0 Å². The Labute approximate surface area is 119 Å². The summed E-state index contributed by atoms with van der Waals surface area (Å²) in [6, 6.07) is 9.21. The smallest absolute Gasteiger partial charge is 0.305 e. The van der Waals surface area contributed by atoms with Gasteiger partial charge in [-0.25, -0.2) is 0 Å². The zero-order chi connectivity index (χ0) is 14.6. The Bertz CT molecular complexity index is 406. The summed E-state index contributed by atoms with van der Waals surface area (Å²) in [6.45, 7) is 0.615. The molecular formula is C15H21NO4. The third kappa shape index (κ3) is 7.41. The number of hydrogen-bond acceptors (Lipinski definition) is 4. The quantitative estimate of drug-likeness (QED) is 0.554. The Morgan fingerprint density at radius 2 is 1.85 bits per heavy atom. The molecule has 1 rings (SSSR count). The van der Waals surface area contributed by atoms with Gasteiger partial charge in [-0.1, -0.05) is 24.6 Å². The van der Waals surface area contributed by atoms with Crippen molar-refractivity contribution >= 4 is 11.9 Å². The molecule has 0 radical (unpaired) electrons. The van der Waals surface area contributed by atoms with Gasteiger partial charge in [-0.15, -0.1) is 0 Å². The van der Waals surface area contributed by atoms with E-state index in [1.165, 1.54) is 7.11 Å². The third-order valence-corrected chi connectivity index (χ3v) is 2.72. The summed E-state index contributed by atoms with van der Waals surface area (Å²) in [5, 5.41) is 2.77. The fourth-order valence-electron chi connectivity index (χ4n) is 1.62. The lowest BCUT2D eigenvalue weighted by Gasteiger charge is -2.07. The van der Waals surface area contributed by atoms with Crippen LogP contribution in [0.25, 0.3) is 0 Å². The van der Waals surface area contributed by atoms with Crippen LogP contribution in [0.1, 0.15) is 25.7 Å². The zero-order valence-corrected chi connectivity index (χ0v) is 11.8. The maximum atomic E-state index is 11.5. The number of esters is 1. The molecule has 0 aliphatic carbocycles. The average molecular weight is 279 g/mol. The lowest BCUT2D eigenvalue weighted by atomic mass is 10.2. The first-order valence-corrected chi connectivity index (χ1v) is 6.73. The highest BCUT2D eigenvalue weighted by Gasteiger charge is 2.02. The van der Waals surface area contributed by atoms with E-state index < -0.39 is 0 Å². The van der Waals surface area contributed by atoms with Gasteiger partial charge in [0, 0.05) is 13.0 Å². The van der Waals surface area contributed by atoms with Gasteiger partial charge in [0.1, 0.15) is 5.75 Å². The average Bonchev–Trinajstić information content (AvgIpc) is 2.49. The third-order valence-electron chi connectivity index (χ3n) is 2.72. The topological polar surface area (TPSA) is 64.6 Å². The SMILES string of the molecule is COC(=O)CCCCCNC(=O)COc1ccccc1. The van der Waals surface area contributed by atoms with Crippen molar-refractivity contribution in [2.45, 2.75) is 25.7 Å². The van der Waals surface area contributed by atoms with E-state index >= 15 is 0 Å². The second kappa shape index (κ2) is 9.83. The number of amides is 1. The van der Waals surface area contributed by atoms with Gasteiger partial charge < -0.3 is 14.8 Å². The standard InChI is InChI=1S/C15H21NO4/c1-19-15(18)10-6-3-7-11-16-14(17)12-20-13-8-4-2-5-9-13/h2,4-5,8-9H,3,6-7,10-12H2,1H3,(H,16,17). The first-order valence-electron chi connectivity index (χ1n) is 6.73. The number of carbonyl (C=O) groups excluding carboxylic acids is 2. The molecular weight excluding hydrogens is 258 g/mol. The van der Waals surface area contributed by atoms with Crippen molar-refractivity contribution in [3.63, 3.8) is 0 Å². The van der Waals surface area contributed by atoms with Crippen LogP contribution in [0, 0.1) is 0 Å². The predicted octanol–water partition coefficient (Wildman–Crippen LogP) is 1.91. The van der Waals surface area contributed by atoms with Crippen molar-refractivity contribution in [2.24, 2.45) is 0 Å². The van der Waals surface area contributed by atoms with E-state index in [1.807, 2.05) is 18.2 Å². The minimum Gasteiger partial charge on any atom is -0.484 e. The van der Waals surface area contributed by atoms with Crippen molar-refractivity contribution in [2.75, 3.05) is 20.3 Å². The number of benzene rings is 1. The maximum Gasteiger partial charge on any atom is 0.305 e. The summed E-state index contributed by atoms with van der Waals surface area (Å²) in [6.07, 6.45) is 2.94. The van der Waals surface area contributed by atoms with Crippen molar-refractivity contribution in [1.29, 1.82) is 0 Å². The van der Waals surface area contributed by atoms with Crippen LogP contribution in [0.5, 0.6) is 5.75 Å². The van der Waals surface area contributed by atoms with E-state index in [0.29, 0.717) is 18.7 Å². The van der Waals surface area contributed by atoms with Crippen LogP contribution < -0.4 is 10.1 Å².